The molecule has 0 aromatic heterocycles. The molecule has 3 rings (SSSR count). The third-order valence-electron chi connectivity index (χ3n) is 4.33. The van der Waals surface area contributed by atoms with Gasteiger partial charge in [0.1, 0.15) is 6.04 Å². The van der Waals surface area contributed by atoms with Crippen LogP contribution in [0.2, 0.25) is 0 Å². The minimum atomic E-state index is -1.01. The fraction of sp³-hybridized carbons (Fsp3) is 0.353. The van der Waals surface area contributed by atoms with Gasteiger partial charge in [0.25, 0.3) is 11.8 Å². The third kappa shape index (κ3) is 3.21. The molecule has 2 aliphatic heterocycles. The van der Waals surface area contributed by atoms with E-state index >= 15 is 0 Å². The van der Waals surface area contributed by atoms with Gasteiger partial charge < -0.3 is 10.6 Å². The van der Waals surface area contributed by atoms with Crippen molar-refractivity contribution in [3.05, 3.63) is 29.3 Å². The zero-order chi connectivity index (χ0) is 18.8. The first-order chi connectivity index (χ1) is 12.4. The Morgan fingerprint density at radius 1 is 1.19 bits per heavy atom. The van der Waals surface area contributed by atoms with Gasteiger partial charge in [-0.2, -0.15) is 0 Å². The van der Waals surface area contributed by atoms with Crippen molar-refractivity contribution in [3.8, 4) is 0 Å². The number of nitrogens with one attached hydrogen (secondary N) is 3. The standard InChI is InChI=1S/C17H18N4O5/c1-18-7-6-14(23)19-9-2-3-10-11(8-9)17(26)21(16(10)25)12-4-5-13(22)20-15(12)24/h2-3,8,12,18H,4-7H2,1H3,(H,19,23)(H,20,22,24). The summed E-state index contributed by atoms with van der Waals surface area (Å²) >= 11 is 0. The number of hydrogen-bond acceptors (Lipinski definition) is 6. The molecule has 1 aromatic rings. The van der Waals surface area contributed by atoms with Crippen LogP contribution in [0.25, 0.3) is 0 Å². The number of anilines is 1. The Labute approximate surface area is 149 Å². The van der Waals surface area contributed by atoms with Gasteiger partial charge in [-0.3, -0.25) is 34.2 Å². The summed E-state index contributed by atoms with van der Waals surface area (Å²) in [5.41, 5.74) is 0.704. The average Bonchev–Trinajstić information content (AvgIpc) is 2.84. The lowest BCUT2D eigenvalue weighted by molar-refractivity contribution is -0.136. The zero-order valence-corrected chi connectivity index (χ0v) is 14.1. The van der Waals surface area contributed by atoms with Crippen molar-refractivity contribution < 1.29 is 24.0 Å². The molecule has 3 N–H and O–H groups in total. The molecule has 136 valence electrons. The van der Waals surface area contributed by atoms with E-state index in [0.29, 0.717) is 12.2 Å². The SMILES string of the molecule is CNCCC(=O)Nc1ccc2c(c1)C(=O)N(C1CCC(=O)NC1=O)C2=O. The number of rotatable bonds is 5. The van der Waals surface area contributed by atoms with Crippen LogP contribution in [0.15, 0.2) is 18.2 Å². The molecule has 0 aliphatic carbocycles. The van der Waals surface area contributed by atoms with Crippen LogP contribution >= 0.6 is 0 Å². The Balaban J connectivity index is 1.80. The number of nitrogens with zero attached hydrogens (tertiary/aromatic N) is 1. The highest BCUT2D eigenvalue weighted by Gasteiger charge is 2.44. The number of fused-ring (bicyclic) bond motifs is 1. The summed E-state index contributed by atoms with van der Waals surface area (Å²) in [6, 6.07) is 3.41. The topological polar surface area (TPSA) is 125 Å². The van der Waals surface area contributed by atoms with Crippen LogP contribution in [0, 0.1) is 0 Å². The van der Waals surface area contributed by atoms with E-state index in [1.54, 1.807) is 7.05 Å². The second-order valence-corrected chi connectivity index (χ2v) is 6.11. The summed E-state index contributed by atoms with van der Waals surface area (Å²) in [6.07, 6.45) is 0.434. The number of hydrogen-bond donors (Lipinski definition) is 3. The van der Waals surface area contributed by atoms with Gasteiger partial charge in [0.2, 0.25) is 17.7 Å². The lowest BCUT2D eigenvalue weighted by Crippen LogP contribution is -2.54. The minimum Gasteiger partial charge on any atom is -0.326 e. The highest BCUT2D eigenvalue weighted by molar-refractivity contribution is 6.23. The van der Waals surface area contributed by atoms with Crippen LogP contribution in [-0.2, 0) is 14.4 Å². The van der Waals surface area contributed by atoms with Crippen molar-refractivity contribution in [2.24, 2.45) is 0 Å². The van der Waals surface area contributed by atoms with E-state index in [1.165, 1.54) is 18.2 Å². The van der Waals surface area contributed by atoms with E-state index in [4.69, 9.17) is 0 Å². The summed E-state index contributed by atoms with van der Waals surface area (Å²) in [6.45, 7) is 0.511. The Hall–Kier alpha value is -3.07. The van der Waals surface area contributed by atoms with Gasteiger partial charge in [0.15, 0.2) is 0 Å². The van der Waals surface area contributed by atoms with Crippen LogP contribution < -0.4 is 16.0 Å². The first kappa shape index (κ1) is 17.7. The predicted molar refractivity (Wildman–Crippen MR) is 90.3 cm³/mol. The van der Waals surface area contributed by atoms with Crippen molar-refractivity contribution in [2.75, 3.05) is 18.9 Å². The maximum atomic E-state index is 12.7. The van der Waals surface area contributed by atoms with E-state index in [-0.39, 0.29) is 36.3 Å². The lowest BCUT2D eigenvalue weighted by atomic mass is 10.0. The molecule has 0 spiro atoms. The van der Waals surface area contributed by atoms with Gasteiger partial charge in [-0.25, -0.2) is 0 Å². The molecule has 5 amide bonds. The molecule has 1 fully saturated rings. The van der Waals surface area contributed by atoms with Crippen molar-refractivity contribution in [3.63, 3.8) is 0 Å². The average molecular weight is 358 g/mol. The maximum Gasteiger partial charge on any atom is 0.262 e. The van der Waals surface area contributed by atoms with Gasteiger partial charge in [0.05, 0.1) is 11.1 Å². The molecule has 1 atom stereocenters. The van der Waals surface area contributed by atoms with Crippen molar-refractivity contribution in [2.45, 2.75) is 25.3 Å². The Morgan fingerprint density at radius 2 is 1.92 bits per heavy atom. The zero-order valence-electron chi connectivity index (χ0n) is 14.1. The summed E-state index contributed by atoms with van der Waals surface area (Å²) in [4.78, 5) is 61.2. The number of carbonyl (C=O) groups is 5. The lowest BCUT2D eigenvalue weighted by Gasteiger charge is -2.27. The minimum absolute atomic E-state index is 0.0661. The van der Waals surface area contributed by atoms with Crippen LogP contribution in [-0.4, -0.2) is 54.1 Å². The number of piperidine rings is 1. The van der Waals surface area contributed by atoms with Gasteiger partial charge in [-0.1, -0.05) is 0 Å². The third-order valence-corrected chi connectivity index (χ3v) is 4.33. The monoisotopic (exact) mass is 358 g/mol. The van der Waals surface area contributed by atoms with Crippen molar-refractivity contribution in [1.82, 2.24) is 15.5 Å². The summed E-state index contributed by atoms with van der Waals surface area (Å²) in [5.74, 6) is -2.48. The predicted octanol–water partition coefficient (Wildman–Crippen LogP) is -0.364. The second kappa shape index (κ2) is 7.04. The highest BCUT2D eigenvalue weighted by Crippen LogP contribution is 2.29. The first-order valence-electron chi connectivity index (χ1n) is 8.22. The molecule has 9 nitrogen and oxygen atoms in total. The van der Waals surface area contributed by atoms with Crippen molar-refractivity contribution >= 4 is 35.2 Å². The van der Waals surface area contributed by atoms with Crippen molar-refractivity contribution in [1.29, 1.82) is 0 Å². The largest absolute Gasteiger partial charge is 0.326 e. The normalized spacial score (nSPS) is 19.4. The van der Waals surface area contributed by atoms with Gasteiger partial charge in [-0.05, 0) is 31.7 Å². The summed E-state index contributed by atoms with van der Waals surface area (Å²) in [5, 5.41) is 7.67. The van der Waals surface area contributed by atoms with E-state index in [0.717, 1.165) is 4.90 Å². The number of benzene rings is 1. The summed E-state index contributed by atoms with van der Waals surface area (Å²) < 4.78 is 0. The van der Waals surface area contributed by atoms with Gasteiger partial charge in [0, 0.05) is 25.1 Å². The smallest absolute Gasteiger partial charge is 0.262 e. The quantitative estimate of drug-likeness (QED) is 0.617. The van der Waals surface area contributed by atoms with E-state index < -0.39 is 29.7 Å². The molecule has 0 radical (unpaired) electrons. The molecule has 2 aliphatic rings. The van der Waals surface area contributed by atoms with Crippen LogP contribution in [0.4, 0.5) is 5.69 Å². The maximum absolute atomic E-state index is 12.7. The Kier molecular flexibility index (Phi) is 4.81. The van der Waals surface area contributed by atoms with Gasteiger partial charge >= 0.3 is 0 Å². The van der Waals surface area contributed by atoms with E-state index in [2.05, 4.69) is 16.0 Å². The summed E-state index contributed by atoms with van der Waals surface area (Å²) in [7, 11) is 1.73. The Morgan fingerprint density at radius 3 is 2.62 bits per heavy atom. The fourth-order valence-electron chi connectivity index (χ4n) is 3.01. The molecule has 1 unspecified atom stereocenters. The number of carbonyl (C=O) groups excluding carboxylic acids is 5. The Bertz CT molecular complexity index is 819. The highest BCUT2D eigenvalue weighted by atomic mass is 16.2. The molecular formula is C17H18N4O5. The second-order valence-electron chi connectivity index (χ2n) is 6.11. The van der Waals surface area contributed by atoms with Crippen LogP contribution in [0.5, 0.6) is 0 Å². The fourth-order valence-corrected chi connectivity index (χ4v) is 3.01. The first-order valence-corrected chi connectivity index (χ1v) is 8.22. The number of imide groups is 2. The van der Waals surface area contributed by atoms with Crippen LogP contribution in [0.1, 0.15) is 40.0 Å². The molecule has 1 aromatic carbocycles. The molecule has 26 heavy (non-hydrogen) atoms. The molecule has 9 heteroatoms. The molecule has 2 heterocycles. The van der Waals surface area contributed by atoms with Gasteiger partial charge in [-0.15, -0.1) is 0 Å². The molecular weight excluding hydrogens is 340 g/mol. The molecule has 0 saturated carbocycles. The molecule has 1 saturated heterocycles. The molecule has 0 bridgehead atoms. The van der Waals surface area contributed by atoms with Crippen LogP contribution in [0.3, 0.4) is 0 Å². The van der Waals surface area contributed by atoms with E-state index in [1.807, 2.05) is 0 Å². The number of amides is 5. The van der Waals surface area contributed by atoms with E-state index in [9.17, 15) is 24.0 Å².